The lowest BCUT2D eigenvalue weighted by atomic mass is 10.0. The van der Waals surface area contributed by atoms with Crippen molar-refractivity contribution in [3.8, 4) is 5.75 Å². The van der Waals surface area contributed by atoms with Crippen LogP contribution in [0.15, 0.2) is 42.6 Å². The molecule has 0 unspecified atom stereocenters. The van der Waals surface area contributed by atoms with Gasteiger partial charge < -0.3 is 14.4 Å². The van der Waals surface area contributed by atoms with E-state index in [-0.39, 0.29) is 24.0 Å². The zero-order valence-electron chi connectivity index (χ0n) is 20.4. The number of amides is 1. The van der Waals surface area contributed by atoms with Crippen molar-refractivity contribution in [1.82, 2.24) is 14.8 Å². The number of methoxy groups -OCH3 is 1. The molecule has 2 heterocycles. The van der Waals surface area contributed by atoms with Gasteiger partial charge in [0.15, 0.2) is 0 Å². The lowest BCUT2D eigenvalue weighted by molar-refractivity contribution is 0.00901. The largest absolute Gasteiger partial charge is 0.491 e. The summed E-state index contributed by atoms with van der Waals surface area (Å²) in [6.07, 6.45) is 2.67. The zero-order valence-corrected chi connectivity index (χ0v) is 21.2. The molecule has 1 aromatic heterocycles. The Balaban J connectivity index is 1.96. The molecule has 0 spiro atoms. The molecule has 186 valence electrons. The van der Waals surface area contributed by atoms with Gasteiger partial charge in [-0.3, -0.25) is 19.4 Å². The maximum atomic E-state index is 13.3. The fourth-order valence-electron chi connectivity index (χ4n) is 4.05. The fraction of sp³-hybridized carbons (Fsp3) is 0.500. The summed E-state index contributed by atoms with van der Waals surface area (Å²) in [6, 6.07) is 10.6. The summed E-state index contributed by atoms with van der Waals surface area (Å²) in [6.45, 7) is 6.32. The van der Waals surface area contributed by atoms with Crippen molar-refractivity contribution in [3.63, 3.8) is 0 Å². The van der Waals surface area contributed by atoms with E-state index in [4.69, 9.17) is 9.47 Å². The first kappa shape index (κ1) is 25.9. The Morgan fingerprint density at radius 1 is 1.21 bits per heavy atom. The number of pyridine rings is 1. The van der Waals surface area contributed by atoms with Crippen LogP contribution in [0.2, 0.25) is 0 Å². The number of nitrogens with one attached hydrogen (secondary N) is 1. The molecule has 1 aliphatic rings. The topological polar surface area (TPSA) is 101 Å². The standard InChI is InChI=1S/C24H34N4O5S/c1-17-13-28(14-20-8-6-7-11-25-20)18(2)16-33-22-10-9-19(26-34(5,30)31)12-21(22)24(29)27(3)15-23(17)32-4/h6-12,17-18,23,26H,13-16H2,1-5H3/t17-,18-,23-/m1/s1. The zero-order chi connectivity index (χ0) is 24.9. The summed E-state index contributed by atoms with van der Waals surface area (Å²) < 4.78 is 37.7. The van der Waals surface area contributed by atoms with Crippen molar-refractivity contribution in [2.24, 2.45) is 5.92 Å². The van der Waals surface area contributed by atoms with Gasteiger partial charge in [0.2, 0.25) is 10.0 Å². The Bertz CT molecular complexity index is 1080. The van der Waals surface area contributed by atoms with Crippen LogP contribution in [0.25, 0.3) is 0 Å². The van der Waals surface area contributed by atoms with Crippen molar-refractivity contribution >= 4 is 21.6 Å². The number of ether oxygens (including phenoxy) is 2. The molecule has 1 amide bonds. The molecule has 1 N–H and O–H groups in total. The highest BCUT2D eigenvalue weighted by Crippen LogP contribution is 2.27. The normalized spacial score (nSPS) is 22.8. The van der Waals surface area contributed by atoms with Gasteiger partial charge in [0.1, 0.15) is 12.4 Å². The first-order valence-corrected chi connectivity index (χ1v) is 13.1. The molecule has 0 saturated carbocycles. The summed E-state index contributed by atoms with van der Waals surface area (Å²) in [5, 5.41) is 0. The monoisotopic (exact) mass is 490 g/mol. The van der Waals surface area contributed by atoms with E-state index in [2.05, 4.69) is 28.5 Å². The Morgan fingerprint density at radius 2 is 1.97 bits per heavy atom. The van der Waals surface area contributed by atoms with E-state index in [0.29, 0.717) is 36.7 Å². The SMILES string of the molecule is CO[C@@H]1CN(C)C(=O)c2cc(NS(C)(=O)=O)ccc2OC[C@@H](C)N(Cc2ccccn2)C[C@H]1C. The van der Waals surface area contributed by atoms with E-state index in [0.717, 1.165) is 18.5 Å². The van der Waals surface area contributed by atoms with Crippen LogP contribution in [-0.2, 0) is 21.3 Å². The molecule has 0 fully saturated rings. The number of hydrogen-bond donors (Lipinski definition) is 1. The Morgan fingerprint density at radius 3 is 2.62 bits per heavy atom. The average Bonchev–Trinajstić information content (AvgIpc) is 2.79. The van der Waals surface area contributed by atoms with Crippen molar-refractivity contribution in [2.45, 2.75) is 32.5 Å². The van der Waals surface area contributed by atoms with Crippen LogP contribution >= 0.6 is 0 Å². The molecule has 1 aromatic carbocycles. The second kappa shape index (κ2) is 11.2. The number of hydrogen-bond acceptors (Lipinski definition) is 7. The van der Waals surface area contributed by atoms with E-state index in [9.17, 15) is 13.2 Å². The van der Waals surface area contributed by atoms with E-state index in [1.54, 1.807) is 37.4 Å². The molecule has 10 heteroatoms. The number of rotatable bonds is 5. The van der Waals surface area contributed by atoms with Crippen LogP contribution in [0.4, 0.5) is 5.69 Å². The van der Waals surface area contributed by atoms with Crippen molar-refractivity contribution in [3.05, 3.63) is 53.9 Å². The lowest BCUT2D eigenvalue weighted by Crippen LogP contribution is -2.46. The third-order valence-electron chi connectivity index (χ3n) is 5.97. The molecule has 3 atom stereocenters. The number of likely N-dealkylation sites (N-methyl/N-ethyl adjacent to an activating group) is 1. The lowest BCUT2D eigenvalue weighted by Gasteiger charge is -2.35. The molecule has 2 aromatic rings. The molecule has 1 aliphatic heterocycles. The van der Waals surface area contributed by atoms with Gasteiger partial charge in [-0.2, -0.15) is 0 Å². The number of carbonyl (C=O) groups is 1. The minimum absolute atomic E-state index is 0.0240. The van der Waals surface area contributed by atoms with Gasteiger partial charge in [-0.05, 0) is 43.2 Å². The molecular formula is C24H34N4O5S. The molecule has 9 nitrogen and oxygen atoms in total. The number of fused-ring (bicyclic) bond motifs is 1. The van der Waals surface area contributed by atoms with Crippen LogP contribution in [-0.4, -0.2) is 81.4 Å². The number of aromatic nitrogens is 1. The highest BCUT2D eigenvalue weighted by molar-refractivity contribution is 7.92. The van der Waals surface area contributed by atoms with Gasteiger partial charge in [0, 0.05) is 51.7 Å². The first-order chi connectivity index (χ1) is 16.1. The van der Waals surface area contributed by atoms with Crippen molar-refractivity contribution in [2.75, 3.05) is 44.8 Å². The van der Waals surface area contributed by atoms with Crippen molar-refractivity contribution < 1.29 is 22.7 Å². The third kappa shape index (κ3) is 6.91. The van der Waals surface area contributed by atoms with Crippen LogP contribution < -0.4 is 9.46 Å². The molecule has 0 bridgehead atoms. The van der Waals surface area contributed by atoms with Gasteiger partial charge in [-0.25, -0.2) is 8.42 Å². The predicted molar refractivity (Wildman–Crippen MR) is 131 cm³/mol. The number of sulfonamides is 1. The number of nitrogens with zero attached hydrogens (tertiary/aromatic N) is 3. The first-order valence-electron chi connectivity index (χ1n) is 11.2. The second-order valence-corrected chi connectivity index (χ2v) is 10.7. The van der Waals surface area contributed by atoms with Crippen LogP contribution in [0.1, 0.15) is 29.9 Å². The molecule has 0 aliphatic carbocycles. The van der Waals surface area contributed by atoms with Gasteiger partial charge in [-0.1, -0.05) is 13.0 Å². The third-order valence-corrected chi connectivity index (χ3v) is 6.57. The maximum Gasteiger partial charge on any atom is 0.257 e. The van der Waals surface area contributed by atoms with Gasteiger partial charge in [-0.15, -0.1) is 0 Å². The Labute approximate surface area is 202 Å². The number of anilines is 1. The molecule has 3 rings (SSSR count). The van der Waals surface area contributed by atoms with E-state index >= 15 is 0 Å². The van der Waals surface area contributed by atoms with Crippen LogP contribution in [0.5, 0.6) is 5.75 Å². The van der Waals surface area contributed by atoms with Crippen LogP contribution in [0.3, 0.4) is 0 Å². The molecular weight excluding hydrogens is 456 g/mol. The van der Waals surface area contributed by atoms with Crippen LogP contribution in [0, 0.1) is 5.92 Å². The van der Waals surface area contributed by atoms with E-state index in [1.165, 1.54) is 6.07 Å². The average molecular weight is 491 g/mol. The van der Waals surface area contributed by atoms with E-state index in [1.807, 2.05) is 18.2 Å². The van der Waals surface area contributed by atoms with Gasteiger partial charge >= 0.3 is 0 Å². The summed E-state index contributed by atoms with van der Waals surface area (Å²) in [7, 11) is -0.123. The summed E-state index contributed by atoms with van der Waals surface area (Å²) >= 11 is 0. The fourth-order valence-corrected chi connectivity index (χ4v) is 4.60. The van der Waals surface area contributed by atoms with Gasteiger partial charge in [0.05, 0.1) is 23.6 Å². The quantitative estimate of drug-likeness (QED) is 0.687. The minimum Gasteiger partial charge on any atom is -0.491 e. The highest BCUT2D eigenvalue weighted by Gasteiger charge is 2.28. The minimum atomic E-state index is -3.49. The summed E-state index contributed by atoms with van der Waals surface area (Å²) in [5.74, 6) is 0.270. The van der Waals surface area contributed by atoms with Gasteiger partial charge in [0.25, 0.3) is 5.91 Å². The highest BCUT2D eigenvalue weighted by atomic mass is 32.2. The maximum absolute atomic E-state index is 13.3. The second-order valence-electron chi connectivity index (χ2n) is 8.93. The molecule has 34 heavy (non-hydrogen) atoms. The Kier molecular flexibility index (Phi) is 8.51. The summed E-state index contributed by atoms with van der Waals surface area (Å²) in [4.78, 5) is 21.7. The predicted octanol–water partition coefficient (Wildman–Crippen LogP) is 2.46. The molecule has 0 radical (unpaired) electrons. The smallest absolute Gasteiger partial charge is 0.257 e. The Hall–Kier alpha value is -2.69. The van der Waals surface area contributed by atoms with E-state index < -0.39 is 10.0 Å². The summed E-state index contributed by atoms with van der Waals surface area (Å²) in [5.41, 5.74) is 1.56. The molecule has 0 saturated heterocycles. The number of benzene rings is 1. The number of carbonyl (C=O) groups excluding carboxylic acids is 1. The van der Waals surface area contributed by atoms with Crippen molar-refractivity contribution in [1.29, 1.82) is 0 Å².